The lowest BCUT2D eigenvalue weighted by atomic mass is 9.92. The van der Waals surface area contributed by atoms with Gasteiger partial charge in [-0.05, 0) is 57.5 Å². The van der Waals surface area contributed by atoms with Gasteiger partial charge in [-0.1, -0.05) is 149 Å². The molecule has 0 radical (unpaired) electrons. The van der Waals surface area contributed by atoms with Crippen molar-refractivity contribution >= 4 is 11.9 Å². The minimum absolute atomic E-state index is 0.0259. The first-order valence-electron chi connectivity index (χ1n) is 20.2. The van der Waals surface area contributed by atoms with E-state index < -0.39 is 0 Å². The number of esters is 2. The molecule has 0 heterocycles. The van der Waals surface area contributed by atoms with E-state index >= 15 is 0 Å². The average molecular weight is 654 g/mol. The second kappa shape index (κ2) is 36.7. The van der Waals surface area contributed by atoms with Gasteiger partial charge in [-0.15, -0.1) is 0 Å². The Bertz CT molecular complexity index is 633. The third kappa shape index (κ3) is 32.8. The molecule has 0 aromatic carbocycles. The lowest BCUT2D eigenvalue weighted by Crippen LogP contribution is -2.29. The van der Waals surface area contributed by atoms with Crippen LogP contribution in [-0.2, 0) is 19.1 Å². The number of ether oxygens (including phenoxy) is 2. The molecular formula is C40H79NO5. The van der Waals surface area contributed by atoms with Crippen molar-refractivity contribution in [1.29, 1.82) is 0 Å². The quantitative estimate of drug-likeness (QED) is 0.0531. The Hall–Kier alpha value is -1.14. The first kappa shape index (κ1) is 44.9. The molecular weight excluding hydrogens is 574 g/mol. The van der Waals surface area contributed by atoms with Crippen LogP contribution in [0.3, 0.4) is 0 Å². The molecule has 0 rings (SSSR count). The number of rotatable bonds is 37. The summed E-state index contributed by atoms with van der Waals surface area (Å²) in [4.78, 5) is 26.6. The molecule has 0 unspecified atom stereocenters. The number of aliphatic hydroxyl groups excluding tert-OH is 1. The molecule has 0 aliphatic carbocycles. The highest BCUT2D eigenvalue weighted by Gasteiger charge is 2.11. The number of carbonyl (C=O) groups is 2. The summed E-state index contributed by atoms with van der Waals surface area (Å²) in [6.45, 7) is 10.8. The summed E-state index contributed by atoms with van der Waals surface area (Å²) >= 11 is 0. The van der Waals surface area contributed by atoms with Crippen molar-refractivity contribution < 1.29 is 24.2 Å². The number of hydrogen-bond acceptors (Lipinski definition) is 6. The zero-order chi connectivity index (χ0) is 33.8. The van der Waals surface area contributed by atoms with Crippen LogP contribution in [0.5, 0.6) is 0 Å². The molecule has 6 nitrogen and oxygen atoms in total. The predicted molar refractivity (Wildman–Crippen MR) is 195 cm³/mol. The molecule has 0 bridgehead atoms. The molecule has 46 heavy (non-hydrogen) atoms. The SMILES string of the molecule is CCCCCCCCCCCOC(=O)CCCCCN(CCO)CCCCCCCC(=O)OCCC(CCCCC)CCCCC. The number of nitrogens with zero attached hydrogens (tertiary/aromatic N) is 1. The fourth-order valence-corrected chi connectivity index (χ4v) is 6.27. The zero-order valence-corrected chi connectivity index (χ0v) is 31.1. The molecule has 0 aromatic rings. The summed E-state index contributed by atoms with van der Waals surface area (Å²) < 4.78 is 11.0. The molecule has 0 fully saturated rings. The zero-order valence-electron chi connectivity index (χ0n) is 31.1. The first-order chi connectivity index (χ1) is 22.6. The second-order valence-electron chi connectivity index (χ2n) is 13.8. The minimum Gasteiger partial charge on any atom is -0.466 e. The van der Waals surface area contributed by atoms with Gasteiger partial charge < -0.3 is 19.5 Å². The van der Waals surface area contributed by atoms with Gasteiger partial charge in [0.1, 0.15) is 0 Å². The third-order valence-electron chi connectivity index (χ3n) is 9.36. The third-order valence-corrected chi connectivity index (χ3v) is 9.36. The van der Waals surface area contributed by atoms with E-state index in [-0.39, 0.29) is 18.5 Å². The lowest BCUT2D eigenvalue weighted by Gasteiger charge is -2.21. The Labute approximate surface area is 286 Å². The van der Waals surface area contributed by atoms with Crippen molar-refractivity contribution in [2.75, 3.05) is 39.5 Å². The maximum absolute atomic E-state index is 12.2. The Morgan fingerprint density at radius 3 is 1.41 bits per heavy atom. The fourth-order valence-electron chi connectivity index (χ4n) is 6.27. The summed E-state index contributed by atoms with van der Waals surface area (Å²) in [5.74, 6) is 0.630. The van der Waals surface area contributed by atoms with E-state index in [4.69, 9.17) is 9.47 Å². The molecule has 274 valence electrons. The van der Waals surface area contributed by atoms with Gasteiger partial charge in [0.25, 0.3) is 0 Å². The van der Waals surface area contributed by atoms with E-state index in [1.165, 1.54) is 96.3 Å². The molecule has 0 atom stereocenters. The monoisotopic (exact) mass is 654 g/mol. The molecule has 0 amide bonds. The minimum atomic E-state index is -0.0516. The largest absolute Gasteiger partial charge is 0.466 e. The van der Waals surface area contributed by atoms with Gasteiger partial charge in [0.15, 0.2) is 0 Å². The number of aliphatic hydroxyl groups is 1. The van der Waals surface area contributed by atoms with E-state index in [0.717, 1.165) is 83.7 Å². The van der Waals surface area contributed by atoms with Crippen molar-refractivity contribution in [2.24, 2.45) is 5.92 Å². The van der Waals surface area contributed by atoms with Gasteiger partial charge >= 0.3 is 11.9 Å². The molecule has 1 N–H and O–H groups in total. The van der Waals surface area contributed by atoms with E-state index in [0.29, 0.717) is 38.5 Å². The van der Waals surface area contributed by atoms with Crippen molar-refractivity contribution in [2.45, 2.75) is 201 Å². The van der Waals surface area contributed by atoms with Crippen LogP contribution < -0.4 is 0 Å². The lowest BCUT2D eigenvalue weighted by molar-refractivity contribution is -0.145. The second-order valence-corrected chi connectivity index (χ2v) is 13.8. The Balaban J connectivity index is 3.75. The predicted octanol–water partition coefficient (Wildman–Crippen LogP) is 11.0. The first-order valence-corrected chi connectivity index (χ1v) is 20.2. The molecule has 0 saturated carbocycles. The van der Waals surface area contributed by atoms with Crippen LogP contribution >= 0.6 is 0 Å². The van der Waals surface area contributed by atoms with Crippen molar-refractivity contribution in [3.8, 4) is 0 Å². The summed E-state index contributed by atoms with van der Waals surface area (Å²) in [5, 5.41) is 9.47. The number of carbonyl (C=O) groups excluding carboxylic acids is 2. The van der Waals surface area contributed by atoms with Gasteiger partial charge in [-0.3, -0.25) is 9.59 Å². The van der Waals surface area contributed by atoms with Crippen molar-refractivity contribution in [1.82, 2.24) is 4.90 Å². The van der Waals surface area contributed by atoms with Gasteiger partial charge in [0, 0.05) is 19.4 Å². The van der Waals surface area contributed by atoms with Crippen LogP contribution in [0.4, 0.5) is 0 Å². The van der Waals surface area contributed by atoms with Gasteiger partial charge in [0.2, 0.25) is 0 Å². The van der Waals surface area contributed by atoms with Crippen LogP contribution in [0.1, 0.15) is 201 Å². The Morgan fingerprint density at radius 1 is 0.478 bits per heavy atom. The standard InChI is InChI=1S/C40H79NO5/c1-4-7-10-11-12-13-14-18-26-36-45-39(43)30-23-19-25-33-41(34-35-42)32-24-17-15-16-22-29-40(44)46-37-31-38(27-20-8-5-2)28-21-9-6-3/h38,42H,4-37H2,1-3H3. The van der Waals surface area contributed by atoms with Crippen molar-refractivity contribution in [3.63, 3.8) is 0 Å². The topological polar surface area (TPSA) is 76.1 Å². The Kier molecular flexibility index (Phi) is 35.8. The molecule has 0 saturated heterocycles. The van der Waals surface area contributed by atoms with Gasteiger partial charge in [-0.2, -0.15) is 0 Å². The van der Waals surface area contributed by atoms with Crippen LogP contribution in [-0.4, -0.2) is 61.4 Å². The van der Waals surface area contributed by atoms with E-state index in [2.05, 4.69) is 25.7 Å². The number of hydrogen-bond donors (Lipinski definition) is 1. The maximum atomic E-state index is 12.2. The van der Waals surface area contributed by atoms with E-state index in [1.54, 1.807) is 0 Å². The molecule has 0 aliphatic rings. The molecule has 0 spiro atoms. The van der Waals surface area contributed by atoms with Crippen molar-refractivity contribution in [3.05, 3.63) is 0 Å². The molecule has 0 aliphatic heterocycles. The molecule has 6 heteroatoms. The summed E-state index contributed by atoms with van der Waals surface area (Å²) in [7, 11) is 0. The highest BCUT2D eigenvalue weighted by Crippen LogP contribution is 2.21. The summed E-state index contributed by atoms with van der Waals surface area (Å²) in [6.07, 6.45) is 32.2. The van der Waals surface area contributed by atoms with Crippen LogP contribution in [0, 0.1) is 5.92 Å². The highest BCUT2D eigenvalue weighted by molar-refractivity contribution is 5.69. The van der Waals surface area contributed by atoms with Crippen LogP contribution in [0.15, 0.2) is 0 Å². The summed E-state index contributed by atoms with van der Waals surface area (Å²) in [6, 6.07) is 0. The smallest absolute Gasteiger partial charge is 0.305 e. The molecule has 0 aromatic heterocycles. The van der Waals surface area contributed by atoms with E-state index in [9.17, 15) is 14.7 Å². The van der Waals surface area contributed by atoms with E-state index in [1.807, 2.05) is 0 Å². The average Bonchev–Trinajstić information content (AvgIpc) is 3.04. The summed E-state index contributed by atoms with van der Waals surface area (Å²) in [5.41, 5.74) is 0. The number of unbranched alkanes of at least 4 members (excludes halogenated alkanes) is 18. The fraction of sp³-hybridized carbons (Fsp3) is 0.950. The Morgan fingerprint density at radius 2 is 0.891 bits per heavy atom. The normalized spacial score (nSPS) is 11.5. The highest BCUT2D eigenvalue weighted by atomic mass is 16.5. The van der Waals surface area contributed by atoms with Gasteiger partial charge in [-0.25, -0.2) is 0 Å². The van der Waals surface area contributed by atoms with Crippen LogP contribution in [0.25, 0.3) is 0 Å². The maximum Gasteiger partial charge on any atom is 0.305 e. The van der Waals surface area contributed by atoms with Crippen LogP contribution in [0.2, 0.25) is 0 Å². The van der Waals surface area contributed by atoms with Gasteiger partial charge in [0.05, 0.1) is 19.8 Å².